The van der Waals surface area contributed by atoms with E-state index in [9.17, 15) is 9.59 Å². The zero-order valence-electron chi connectivity index (χ0n) is 12.3. The highest BCUT2D eigenvalue weighted by Crippen LogP contribution is 2.19. The Morgan fingerprint density at radius 2 is 2.00 bits per heavy atom. The Hall–Kier alpha value is -2.30. The van der Waals surface area contributed by atoms with Gasteiger partial charge in [-0.2, -0.15) is 0 Å². The molecule has 1 amide bonds. The van der Waals surface area contributed by atoms with Crippen LogP contribution in [0.4, 0.5) is 0 Å². The highest BCUT2D eigenvalue weighted by Gasteiger charge is 2.28. The Kier molecular flexibility index (Phi) is 4.31. The molecule has 112 valence electrons. The molecule has 5 nitrogen and oxygen atoms in total. The molecule has 0 spiro atoms. The van der Waals surface area contributed by atoms with Gasteiger partial charge in [-0.15, -0.1) is 0 Å². The number of aliphatic carboxylic acids is 1. The molecule has 1 heterocycles. The van der Waals surface area contributed by atoms with Crippen molar-refractivity contribution in [2.45, 2.75) is 38.6 Å². The first-order valence-electron chi connectivity index (χ1n) is 6.99. The van der Waals surface area contributed by atoms with E-state index in [0.717, 1.165) is 11.9 Å². The average molecular weight is 288 g/mol. The minimum atomic E-state index is -1.22. The second-order valence-corrected chi connectivity index (χ2v) is 5.69. The number of carboxylic acids is 1. The number of aromatic nitrogens is 1. The maximum atomic E-state index is 11.8. The number of rotatable bonds is 6. The molecular weight excluding hydrogens is 268 g/mol. The summed E-state index contributed by atoms with van der Waals surface area (Å²) in [7, 11) is 0. The molecule has 5 heteroatoms. The number of hydrogen-bond acceptors (Lipinski definition) is 2. The highest BCUT2D eigenvalue weighted by atomic mass is 16.4. The molecule has 0 bridgehead atoms. The van der Waals surface area contributed by atoms with Crippen molar-refractivity contribution in [2.24, 2.45) is 0 Å². The van der Waals surface area contributed by atoms with Crippen molar-refractivity contribution in [3.05, 3.63) is 36.0 Å². The van der Waals surface area contributed by atoms with E-state index in [4.69, 9.17) is 5.11 Å². The average Bonchev–Trinajstić information content (AvgIpc) is 2.81. The number of aromatic amines is 1. The fourth-order valence-electron chi connectivity index (χ4n) is 2.24. The van der Waals surface area contributed by atoms with Crippen LogP contribution in [0.1, 0.15) is 32.3 Å². The third kappa shape index (κ3) is 3.62. The molecule has 21 heavy (non-hydrogen) atoms. The Morgan fingerprint density at radius 3 is 2.71 bits per heavy atom. The molecule has 0 aliphatic carbocycles. The Morgan fingerprint density at radius 1 is 1.29 bits per heavy atom. The molecule has 0 unspecified atom stereocenters. The summed E-state index contributed by atoms with van der Waals surface area (Å²) in [6, 6.07) is 8.03. The van der Waals surface area contributed by atoms with Gasteiger partial charge in [-0.1, -0.05) is 18.2 Å². The molecule has 0 aliphatic heterocycles. The van der Waals surface area contributed by atoms with E-state index in [2.05, 4.69) is 16.4 Å². The molecule has 0 radical (unpaired) electrons. The lowest BCUT2D eigenvalue weighted by molar-refractivity contribution is -0.146. The fourth-order valence-corrected chi connectivity index (χ4v) is 2.24. The standard InChI is InChI=1S/C16H20N2O3/c1-16(2,15(20)21)18-14(19)9-5-6-11-10-17-13-8-4-3-7-12(11)13/h3-4,7-8,10,17H,5-6,9H2,1-2H3,(H,18,19)(H,20,21). The Labute approximate surface area is 123 Å². The maximum Gasteiger partial charge on any atom is 0.328 e. The highest BCUT2D eigenvalue weighted by molar-refractivity contribution is 5.86. The third-order valence-electron chi connectivity index (χ3n) is 3.51. The van der Waals surface area contributed by atoms with Crippen LogP contribution >= 0.6 is 0 Å². The van der Waals surface area contributed by atoms with Crippen LogP contribution in [0.25, 0.3) is 10.9 Å². The molecule has 0 atom stereocenters. The topological polar surface area (TPSA) is 82.2 Å². The number of carbonyl (C=O) groups excluding carboxylic acids is 1. The number of carboxylic acid groups (broad SMARTS) is 1. The first-order valence-corrected chi connectivity index (χ1v) is 6.99. The zero-order chi connectivity index (χ0) is 15.5. The number of para-hydroxylation sites is 1. The van der Waals surface area contributed by atoms with Crippen molar-refractivity contribution >= 4 is 22.8 Å². The zero-order valence-corrected chi connectivity index (χ0v) is 12.3. The number of aryl methyl sites for hydroxylation is 1. The van der Waals surface area contributed by atoms with Crippen LogP contribution in [0.3, 0.4) is 0 Å². The van der Waals surface area contributed by atoms with E-state index in [1.54, 1.807) is 0 Å². The smallest absolute Gasteiger partial charge is 0.328 e. The van der Waals surface area contributed by atoms with Crippen LogP contribution in [-0.4, -0.2) is 27.5 Å². The number of benzene rings is 1. The normalized spacial score (nSPS) is 11.5. The summed E-state index contributed by atoms with van der Waals surface area (Å²) >= 11 is 0. The van der Waals surface area contributed by atoms with E-state index < -0.39 is 11.5 Å². The summed E-state index contributed by atoms with van der Waals surface area (Å²) in [5.74, 6) is -1.27. The molecule has 0 saturated carbocycles. The van der Waals surface area contributed by atoms with Crippen molar-refractivity contribution in [3.63, 3.8) is 0 Å². The second-order valence-electron chi connectivity index (χ2n) is 5.69. The maximum absolute atomic E-state index is 11.8. The predicted octanol–water partition coefficient (Wildman–Crippen LogP) is 2.47. The van der Waals surface area contributed by atoms with Crippen LogP contribution in [0, 0.1) is 0 Å². The van der Waals surface area contributed by atoms with Gasteiger partial charge in [0.25, 0.3) is 0 Å². The lowest BCUT2D eigenvalue weighted by Crippen LogP contribution is -2.49. The Bertz CT molecular complexity index is 658. The van der Waals surface area contributed by atoms with Gasteiger partial charge in [-0.3, -0.25) is 4.79 Å². The number of fused-ring (bicyclic) bond motifs is 1. The van der Waals surface area contributed by atoms with Crippen LogP contribution in [0.2, 0.25) is 0 Å². The SMILES string of the molecule is CC(C)(NC(=O)CCCc1c[nH]c2ccccc12)C(=O)O. The van der Waals surface area contributed by atoms with Gasteiger partial charge in [0.2, 0.25) is 5.91 Å². The van der Waals surface area contributed by atoms with Gasteiger partial charge in [0.15, 0.2) is 0 Å². The molecule has 1 aromatic carbocycles. The lowest BCUT2D eigenvalue weighted by Gasteiger charge is -2.20. The number of carbonyl (C=O) groups is 2. The number of hydrogen-bond donors (Lipinski definition) is 3. The number of nitrogens with one attached hydrogen (secondary N) is 2. The lowest BCUT2D eigenvalue weighted by atomic mass is 10.0. The van der Waals surface area contributed by atoms with Gasteiger partial charge in [0.05, 0.1) is 0 Å². The summed E-state index contributed by atoms with van der Waals surface area (Å²) in [5, 5.41) is 12.7. The summed E-state index contributed by atoms with van der Waals surface area (Å²) in [6.45, 7) is 2.96. The largest absolute Gasteiger partial charge is 0.480 e. The molecule has 1 aromatic heterocycles. The predicted molar refractivity (Wildman–Crippen MR) is 81.1 cm³/mol. The van der Waals surface area contributed by atoms with Gasteiger partial charge < -0.3 is 15.4 Å². The van der Waals surface area contributed by atoms with Crippen molar-refractivity contribution in [2.75, 3.05) is 0 Å². The third-order valence-corrected chi connectivity index (χ3v) is 3.51. The first kappa shape index (κ1) is 15.1. The summed E-state index contributed by atoms with van der Waals surface area (Å²) in [6.07, 6.45) is 3.74. The summed E-state index contributed by atoms with van der Waals surface area (Å²) in [4.78, 5) is 25.9. The quantitative estimate of drug-likeness (QED) is 0.763. The first-order chi connectivity index (χ1) is 9.90. The van der Waals surface area contributed by atoms with E-state index in [1.165, 1.54) is 24.8 Å². The summed E-state index contributed by atoms with van der Waals surface area (Å²) < 4.78 is 0. The van der Waals surface area contributed by atoms with Crippen LogP contribution < -0.4 is 5.32 Å². The van der Waals surface area contributed by atoms with E-state index in [-0.39, 0.29) is 5.91 Å². The van der Waals surface area contributed by atoms with Crippen molar-refractivity contribution < 1.29 is 14.7 Å². The number of amides is 1. The van der Waals surface area contributed by atoms with Crippen molar-refractivity contribution in [1.82, 2.24) is 10.3 Å². The van der Waals surface area contributed by atoms with E-state index in [0.29, 0.717) is 12.8 Å². The van der Waals surface area contributed by atoms with Crippen LogP contribution in [0.5, 0.6) is 0 Å². The summed E-state index contributed by atoms with van der Waals surface area (Å²) in [5.41, 5.74) is 1.04. The Balaban J connectivity index is 1.87. The van der Waals surface area contributed by atoms with Gasteiger partial charge >= 0.3 is 5.97 Å². The molecule has 2 rings (SSSR count). The minimum Gasteiger partial charge on any atom is -0.480 e. The van der Waals surface area contributed by atoms with E-state index >= 15 is 0 Å². The monoisotopic (exact) mass is 288 g/mol. The molecule has 0 fully saturated rings. The molecule has 0 aliphatic rings. The van der Waals surface area contributed by atoms with E-state index in [1.807, 2.05) is 24.4 Å². The van der Waals surface area contributed by atoms with Crippen molar-refractivity contribution in [1.29, 1.82) is 0 Å². The van der Waals surface area contributed by atoms with Gasteiger partial charge in [0.1, 0.15) is 5.54 Å². The minimum absolute atomic E-state index is 0.234. The van der Waals surface area contributed by atoms with Gasteiger partial charge in [-0.25, -0.2) is 4.79 Å². The van der Waals surface area contributed by atoms with Crippen LogP contribution in [0.15, 0.2) is 30.5 Å². The molecular formula is C16H20N2O3. The second kappa shape index (κ2) is 5.99. The van der Waals surface area contributed by atoms with Crippen LogP contribution in [-0.2, 0) is 16.0 Å². The molecule has 0 saturated heterocycles. The fraction of sp³-hybridized carbons (Fsp3) is 0.375. The van der Waals surface area contributed by atoms with Gasteiger partial charge in [0, 0.05) is 23.5 Å². The van der Waals surface area contributed by atoms with Gasteiger partial charge in [-0.05, 0) is 38.3 Å². The molecule has 2 aromatic rings. The molecule has 3 N–H and O–H groups in total. The van der Waals surface area contributed by atoms with Crippen molar-refractivity contribution in [3.8, 4) is 0 Å². The number of H-pyrrole nitrogens is 1.